The van der Waals surface area contributed by atoms with Gasteiger partial charge in [-0.1, -0.05) is 12.2 Å². The van der Waals surface area contributed by atoms with E-state index in [-0.39, 0.29) is 0 Å². The van der Waals surface area contributed by atoms with Gasteiger partial charge >= 0.3 is 0 Å². The maximum Gasteiger partial charge on any atom is 0.108 e. The molecule has 0 aliphatic rings. The second kappa shape index (κ2) is 4.63. The summed E-state index contributed by atoms with van der Waals surface area (Å²) in [6.45, 7) is 0.0289. The largest absolute Gasteiger partial charge is 0.327 e. The molecular formula is C4H8FN. The Balaban J connectivity index is 2.73. The van der Waals surface area contributed by atoms with Crippen molar-refractivity contribution in [2.24, 2.45) is 5.73 Å². The van der Waals surface area contributed by atoms with Gasteiger partial charge in [0, 0.05) is 6.54 Å². The fourth-order valence-electron chi connectivity index (χ4n) is 0.159. The Labute approximate surface area is 36.6 Å². The zero-order valence-corrected chi connectivity index (χ0v) is 3.52. The van der Waals surface area contributed by atoms with E-state index >= 15 is 0 Å². The molecule has 0 radical (unpaired) electrons. The summed E-state index contributed by atoms with van der Waals surface area (Å²) in [5.74, 6) is 0. The van der Waals surface area contributed by atoms with Crippen molar-refractivity contribution in [1.29, 1.82) is 0 Å². The highest BCUT2D eigenvalue weighted by molar-refractivity contribution is 4.81. The van der Waals surface area contributed by atoms with Crippen molar-refractivity contribution >= 4 is 0 Å². The number of hydrogen-bond acceptors (Lipinski definition) is 1. The molecule has 0 atom stereocenters. The van der Waals surface area contributed by atoms with Crippen molar-refractivity contribution in [3.05, 3.63) is 12.2 Å². The fourth-order valence-corrected chi connectivity index (χ4v) is 0.159. The van der Waals surface area contributed by atoms with Gasteiger partial charge < -0.3 is 5.73 Å². The lowest BCUT2D eigenvalue weighted by Crippen LogP contribution is -1.91. The number of halogens is 1. The maximum atomic E-state index is 11.0. The molecular weight excluding hydrogens is 81.0 g/mol. The molecule has 0 aromatic heterocycles. The van der Waals surface area contributed by atoms with Crippen LogP contribution in [-0.2, 0) is 0 Å². The predicted octanol–water partition coefficient (Wildman–Crippen LogP) is 0.471. The SMILES string of the molecule is NC/C=C/CF. The first-order valence-corrected chi connectivity index (χ1v) is 1.83. The number of nitrogens with two attached hydrogens (primary N) is 1. The molecule has 0 aromatic carbocycles. The third-order valence-electron chi connectivity index (χ3n) is 0.392. The Morgan fingerprint density at radius 2 is 2.17 bits per heavy atom. The topological polar surface area (TPSA) is 26.0 Å². The molecule has 0 fully saturated rings. The second-order valence-electron chi connectivity index (χ2n) is 0.861. The summed E-state index contributed by atoms with van der Waals surface area (Å²) in [4.78, 5) is 0. The van der Waals surface area contributed by atoms with Crippen LogP contribution in [0.25, 0.3) is 0 Å². The van der Waals surface area contributed by atoms with E-state index in [2.05, 4.69) is 0 Å². The third-order valence-corrected chi connectivity index (χ3v) is 0.392. The van der Waals surface area contributed by atoms with Crippen LogP contribution in [0, 0.1) is 0 Å². The fraction of sp³-hybridized carbons (Fsp3) is 0.500. The number of hydrogen-bond donors (Lipinski definition) is 1. The molecule has 0 unspecified atom stereocenters. The van der Waals surface area contributed by atoms with Gasteiger partial charge in [-0.05, 0) is 0 Å². The van der Waals surface area contributed by atoms with E-state index in [1.807, 2.05) is 0 Å². The van der Waals surface area contributed by atoms with Crippen LogP contribution in [0.5, 0.6) is 0 Å². The monoisotopic (exact) mass is 89.1 g/mol. The van der Waals surface area contributed by atoms with E-state index in [1.165, 1.54) is 6.08 Å². The summed E-state index contributed by atoms with van der Waals surface area (Å²) in [6.07, 6.45) is 2.97. The highest BCUT2D eigenvalue weighted by atomic mass is 19.1. The molecule has 36 valence electrons. The highest BCUT2D eigenvalue weighted by Gasteiger charge is 1.62. The minimum Gasteiger partial charge on any atom is -0.327 e. The zero-order chi connectivity index (χ0) is 4.83. The summed E-state index contributed by atoms with van der Waals surface area (Å²) in [5, 5.41) is 0. The first-order chi connectivity index (χ1) is 2.91. The Kier molecular flexibility index (Phi) is 4.34. The van der Waals surface area contributed by atoms with Gasteiger partial charge in [0.2, 0.25) is 0 Å². The second-order valence-corrected chi connectivity index (χ2v) is 0.861. The predicted molar refractivity (Wildman–Crippen MR) is 24.2 cm³/mol. The van der Waals surface area contributed by atoms with E-state index in [0.29, 0.717) is 6.54 Å². The van der Waals surface area contributed by atoms with E-state index < -0.39 is 6.67 Å². The van der Waals surface area contributed by atoms with Gasteiger partial charge in [0.05, 0.1) is 0 Å². The minimum atomic E-state index is -0.406. The Hall–Kier alpha value is -0.370. The molecule has 2 heteroatoms. The van der Waals surface area contributed by atoms with E-state index in [1.54, 1.807) is 6.08 Å². The smallest absolute Gasteiger partial charge is 0.108 e. The first-order valence-electron chi connectivity index (χ1n) is 1.83. The van der Waals surface area contributed by atoms with E-state index in [9.17, 15) is 4.39 Å². The molecule has 0 aliphatic heterocycles. The molecule has 6 heavy (non-hydrogen) atoms. The van der Waals surface area contributed by atoms with Crippen molar-refractivity contribution in [2.75, 3.05) is 13.2 Å². The van der Waals surface area contributed by atoms with Gasteiger partial charge in [-0.15, -0.1) is 0 Å². The zero-order valence-electron chi connectivity index (χ0n) is 3.52. The normalized spacial score (nSPS) is 10.3. The number of alkyl halides is 1. The molecule has 1 nitrogen and oxygen atoms in total. The molecule has 0 spiro atoms. The van der Waals surface area contributed by atoms with Gasteiger partial charge in [-0.3, -0.25) is 0 Å². The van der Waals surface area contributed by atoms with Crippen LogP contribution in [0.15, 0.2) is 12.2 Å². The van der Waals surface area contributed by atoms with Crippen LogP contribution < -0.4 is 5.73 Å². The lowest BCUT2D eigenvalue weighted by molar-refractivity contribution is 0.561. The average Bonchev–Trinajstić information content (AvgIpc) is 1.61. The average molecular weight is 89.1 g/mol. The Morgan fingerprint density at radius 1 is 1.50 bits per heavy atom. The van der Waals surface area contributed by atoms with Crippen molar-refractivity contribution in [3.63, 3.8) is 0 Å². The van der Waals surface area contributed by atoms with Crippen molar-refractivity contribution in [1.82, 2.24) is 0 Å². The van der Waals surface area contributed by atoms with Crippen LogP contribution in [-0.4, -0.2) is 13.2 Å². The quantitative estimate of drug-likeness (QED) is 0.489. The first kappa shape index (κ1) is 5.63. The summed E-state index contributed by atoms with van der Waals surface area (Å²) in [5.41, 5.74) is 4.96. The molecule has 0 amide bonds. The van der Waals surface area contributed by atoms with E-state index in [4.69, 9.17) is 5.73 Å². The van der Waals surface area contributed by atoms with Gasteiger partial charge in [0.1, 0.15) is 6.67 Å². The Morgan fingerprint density at radius 3 is 2.33 bits per heavy atom. The van der Waals surface area contributed by atoms with Crippen molar-refractivity contribution in [2.45, 2.75) is 0 Å². The summed E-state index contributed by atoms with van der Waals surface area (Å²) < 4.78 is 11.0. The minimum absolute atomic E-state index is 0.406. The van der Waals surface area contributed by atoms with E-state index in [0.717, 1.165) is 0 Å². The van der Waals surface area contributed by atoms with Crippen LogP contribution in [0.3, 0.4) is 0 Å². The van der Waals surface area contributed by atoms with Gasteiger partial charge in [-0.25, -0.2) is 4.39 Å². The van der Waals surface area contributed by atoms with Crippen LogP contribution in [0.2, 0.25) is 0 Å². The molecule has 0 saturated carbocycles. The lowest BCUT2D eigenvalue weighted by atomic mass is 10.5. The summed E-state index contributed by atoms with van der Waals surface area (Å²) in [6, 6.07) is 0. The molecule has 0 saturated heterocycles. The molecule has 0 aliphatic carbocycles. The van der Waals surface area contributed by atoms with Crippen molar-refractivity contribution < 1.29 is 4.39 Å². The standard InChI is InChI=1S/C4H8FN/c5-3-1-2-4-6/h1-2H,3-4,6H2/b2-1+. The molecule has 0 aromatic rings. The number of rotatable bonds is 2. The maximum absolute atomic E-state index is 11.0. The lowest BCUT2D eigenvalue weighted by Gasteiger charge is -1.71. The van der Waals surface area contributed by atoms with Crippen molar-refractivity contribution in [3.8, 4) is 0 Å². The van der Waals surface area contributed by atoms with Crippen LogP contribution in [0.4, 0.5) is 4.39 Å². The van der Waals surface area contributed by atoms with Gasteiger partial charge in [0.25, 0.3) is 0 Å². The highest BCUT2D eigenvalue weighted by Crippen LogP contribution is 1.67. The van der Waals surface area contributed by atoms with Gasteiger partial charge in [-0.2, -0.15) is 0 Å². The summed E-state index contributed by atoms with van der Waals surface area (Å²) >= 11 is 0. The van der Waals surface area contributed by atoms with Gasteiger partial charge in [0.15, 0.2) is 0 Å². The molecule has 0 heterocycles. The van der Waals surface area contributed by atoms with Crippen LogP contribution >= 0.6 is 0 Å². The molecule has 2 N–H and O–H groups in total. The van der Waals surface area contributed by atoms with Crippen LogP contribution in [0.1, 0.15) is 0 Å². The molecule has 0 rings (SSSR count). The number of allylic oxidation sites excluding steroid dienone is 1. The Bertz CT molecular complexity index is 36.8. The third kappa shape index (κ3) is 3.63. The summed E-state index contributed by atoms with van der Waals surface area (Å²) in [7, 11) is 0. The molecule has 0 bridgehead atoms.